The molecule has 2 nitrogen and oxygen atoms in total. The summed E-state index contributed by atoms with van der Waals surface area (Å²) < 4.78 is 0. The third-order valence-electron chi connectivity index (χ3n) is 5.46. The Morgan fingerprint density at radius 2 is 1.19 bits per heavy atom. The molecule has 0 aromatic heterocycles. The van der Waals surface area contributed by atoms with Crippen molar-refractivity contribution in [1.82, 2.24) is 0 Å². The lowest BCUT2D eigenvalue weighted by Gasteiger charge is -2.05. The summed E-state index contributed by atoms with van der Waals surface area (Å²) in [5.41, 5.74) is 1.46. The van der Waals surface area contributed by atoms with E-state index in [-0.39, 0.29) is 11.5 Å². The highest BCUT2D eigenvalue weighted by molar-refractivity contribution is 5.98. The van der Waals surface area contributed by atoms with Gasteiger partial charge in [-0.05, 0) is 31.0 Å². The number of hydrogen-bond acceptors (Lipinski definition) is 2. The van der Waals surface area contributed by atoms with E-state index in [2.05, 4.69) is 6.92 Å². The Kier molecular flexibility index (Phi) is 13.8. The van der Waals surface area contributed by atoms with Gasteiger partial charge in [-0.25, -0.2) is 0 Å². The van der Waals surface area contributed by atoms with Gasteiger partial charge in [0.25, 0.3) is 0 Å². The van der Waals surface area contributed by atoms with E-state index >= 15 is 0 Å². The quantitative estimate of drug-likeness (QED) is 0.221. The molecular weight excluding hydrogens is 332 g/mol. The number of hydrogen-bond donors (Lipinski definition) is 1. The van der Waals surface area contributed by atoms with Crippen LogP contribution >= 0.6 is 0 Å². The van der Waals surface area contributed by atoms with Crippen LogP contribution < -0.4 is 0 Å². The first kappa shape index (κ1) is 23.7. The maximum absolute atomic E-state index is 12.2. The van der Waals surface area contributed by atoms with Gasteiger partial charge in [0.1, 0.15) is 5.75 Å². The van der Waals surface area contributed by atoms with Gasteiger partial charge in [0.2, 0.25) is 0 Å². The van der Waals surface area contributed by atoms with Crippen molar-refractivity contribution < 1.29 is 9.90 Å². The van der Waals surface area contributed by atoms with Crippen molar-refractivity contribution in [3.8, 4) is 5.75 Å². The van der Waals surface area contributed by atoms with Crippen LogP contribution in [0, 0.1) is 6.92 Å². The number of ketones is 1. The largest absolute Gasteiger partial charge is 0.507 e. The molecule has 0 atom stereocenters. The van der Waals surface area contributed by atoms with Gasteiger partial charge in [0.05, 0.1) is 5.56 Å². The Morgan fingerprint density at radius 3 is 1.63 bits per heavy atom. The van der Waals surface area contributed by atoms with Crippen LogP contribution in [-0.4, -0.2) is 10.9 Å². The fourth-order valence-electron chi connectivity index (χ4n) is 3.67. The van der Waals surface area contributed by atoms with Crippen molar-refractivity contribution in [3.05, 3.63) is 29.3 Å². The number of phenols is 1. The fourth-order valence-corrected chi connectivity index (χ4v) is 3.67. The molecule has 2 heteroatoms. The second-order valence-corrected chi connectivity index (χ2v) is 8.14. The van der Waals surface area contributed by atoms with Gasteiger partial charge < -0.3 is 5.11 Å². The van der Waals surface area contributed by atoms with Crippen LogP contribution in [0.25, 0.3) is 0 Å². The summed E-state index contributed by atoms with van der Waals surface area (Å²) in [6, 6.07) is 5.30. The lowest BCUT2D eigenvalue weighted by atomic mass is 10.0. The summed E-state index contributed by atoms with van der Waals surface area (Å²) >= 11 is 0. The summed E-state index contributed by atoms with van der Waals surface area (Å²) in [7, 11) is 0. The number of aromatic hydroxyl groups is 1. The molecule has 154 valence electrons. The molecule has 0 heterocycles. The molecule has 0 spiro atoms. The van der Waals surface area contributed by atoms with E-state index in [1.54, 1.807) is 12.1 Å². The smallest absolute Gasteiger partial charge is 0.166 e. The molecule has 0 amide bonds. The minimum absolute atomic E-state index is 0.0715. The maximum atomic E-state index is 12.2. The van der Waals surface area contributed by atoms with Gasteiger partial charge in [0, 0.05) is 6.42 Å². The van der Waals surface area contributed by atoms with E-state index < -0.39 is 0 Å². The van der Waals surface area contributed by atoms with Crippen LogP contribution in [0.2, 0.25) is 0 Å². The number of carbonyl (C=O) groups is 1. The highest BCUT2D eigenvalue weighted by Crippen LogP contribution is 2.21. The van der Waals surface area contributed by atoms with E-state index in [0.717, 1.165) is 18.4 Å². The van der Waals surface area contributed by atoms with E-state index in [9.17, 15) is 9.90 Å². The average molecular weight is 375 g/mol. The molecule has 0 saturated carbocycles. The molecule has 0 fully saturated rings. The van der Waals surface area contributed by atoms with Crippen molar-refractivity contribution in [1.29, 1.82) is 0 Å². The zero-order valence-electron chi connectivity index (χ0n) is 17.9. The van der Waals surface area contributed by atoms with Crippen LogP contribution in [0.1, 0.15) is 126 Å². The monoisotopic (exact) mass is 374 g/mol. The Bertz CT molecular complexity index is 507. The molecule has 0 saturated heterocycles. The molecule has 0 bridgehead atoms. The van der Waals surface area contributed by atoms with Crippen LogP contribution in [0.5, 0.6) is 5.75 Å². The topological polar surface area (TPSA) is 37.3 Å². The highest BCUT2D eigenvalue weighted by atomic mass is 16.3. The molecular formula is C25H42O2. The Morgan fingerprint density at radius 1 is 0.741 bits per heavy atom. The molecule has 0 unspecified atom stereocenters. The van der Waals surface area contributed by atoms with Crippen LogP contribution in [0.3, 0.4) is 0 Å². The van der Waals surface area contributed by atoms with Crippen LogP contribution in [-0.2, 0) is 0 Å². The molecule has 1 aromatic carbocycles. The lowest BCUT2D eigenvalue weighted by molar-refractivity contribution is 0.0976. The van der Waals surface area contributed by atoms with Crippen molar-refractivity contribution >= 4 is 5.78 Å². The summed E-state index contributed by atoms with van der Waals surface area (Å²) in [5, 5.41) is 9.87. The SMILES string of the molecule is CCCCCCCCCCCCCCCCCC(=O)c1ccc(C)cc1O. The number of phenolic OH excluding ortho intramolecular Hbond substituents is 1. The summed E-state index contributed by atoms with van der Waals surface area (Å²) in [5.74, 6) is 0.197. The summed E-state index contributed by atoms with van der Waals surface area (Å²) in [6.07, 6.45) is 20.5. The van der Waals surface area contributed by atoms with E-state index in [4.69, 9.17) is 0 Å². The third kappa shape index (κ3) is 11.9. The first-order valence-corrected chi connectivity index (χ1v) is 11.5. The Balaban J connectivity index is 1.88. The van der Waals surface area contributed by atoms with Gasteiger partial charge >= 0.3 is 0 Å². The van der Waals surface area contributed by atoms with E-state index in [1.165, 1.54) is 83.5 Å². The first-order chi connectivity index (χ1) is 13.1. The van der Waals surface area contributed by atoms with E-state index in [0.29, 0.717) is 12.0 Å². The van der Waals surface area contributed by atoms with Crippen molar-refractivity contribution in [2.24, 2.45) is 0 Å². The number of Topliss-reactive ketones (excluding diaryl/α,β-unsaturated/α-hetero) is 1. The third-order valence-corrected chi connectivity index (χ3v) is 5.46. The molecule has 1 N–H and O–H groups in total. The number of unbranched alkanes of at least 4 members (excludes halogenated alkanes) is 14. The molecule has 1 rings (SSSR count). The predicted molar refractivity (Wildman–Crippen MR) is 117 cm³/mol. The average Bonchev–Trinajstić information content (AvgIpc) is 2.64. The second kappa shape index (κ2) is 15.7. The van der Waals surface area contributed by atoms with Crippen LogP contribution in [0.15, 0.2) is 18.2 Å². The molecule has 0 aliphatic carbocycles. The standard InChI is InChI=1S/C25H42O2/c1-3-4-5-6-7-8-9-10-11-12-13-14-15-16-17-18-24(26)23-20-19-22(2)21-25(23)27/h19-21,27H,3-18H2,1-2H3. The first-order valence-electron chi connectivity index (χ1n) is 11.5. The highest BCUT2D eigenvalue weighted by Gasteiger charge is 2.10. The number of aryl methyl sites for hydroxylation is 1. The normalized spacial score (nSPS) is 11.0. The van der Waals surface area contributed by atoms with Gasteiger partial charge in [-0.15, -0.1) is 0 Å². The van der Waals surface area contributed by atoms with Gasteiger partial charge in [-0.3, -0.25) is 4.79 Å². The minimum atomic E-state index is 0.0715. The van der Waals surface area contributed by atoms with Gasteiger partial charge in [-0.1, -0.05) is 103 Å². The van der Waals surface area contributed by atoms with Crippen LogP contribution in [0.4, 0.5) is 0 Å². The van der Waals surface area contributed by atoms with E-state index in [1.807, 2.05) is 13.0 Å². The minimum Gasteiger partial charge on any atom is -0.507 e. The van der Waals surface area contributed by atoms with Crippen molar-refractivity contribution in [3.63, 3.8) is 0 Å². The summed E-state index contributed by atoms with van der Waals surface area (Å²) in [6.45, 7) is 4.19. The number of benzene rings is 1. The molecule has 0 radical (unpaired) electrons. The predicted octanol–water partition coefficient (Wildman–Crippen LogP) is 8.14. The molecule has 27 heavy (non-hydrogen) atoms. The second-order valence-electron chi connectivity index (χ2n) is 8.14. The molecule has 0 aliphatic rings. The van der Waals surface area contributed by atoms with Gasteiger partial charge in [-0.2, -0.15) is 0 Å². The van der Waals surface area contributed by atoms with Gasteiger partial charge in [0.15, 0.2) is 5.78 Å². The van der Waals surface area contributed by atoms with Crippen molar-refractivity contribution in [2.45, 2.75) is 117 Å². The zero-order chi connectivity index (χ0) is 19.7. The summed E-state index contributed by atoms with van der Waals surface area (Å²) in [4.78, 5) is 12.2. The maximum Gasteiger partial charge on any atom is 0.166 e. The Labute approximate surface area is 167 Å². The fraction of sp³-hybridized carbons (Fsp3) is 0.720. The Hall–Kier alpha value is -1.31. The number of rotatable bonds is 17. The zero-order valence-corrected chi connectivity index (χ0v) is 17.9. The molecule has 1 aromatic rings. The number of carbonyl (C=O) groups excluding carboxylic acids is 1. The van der Waals surface area contributed by atoms with Crippen molar-refractivity contribution in [2.75, 3.05) is 0 Å². The lowest BCUT2D eigenvalue weighted by Crippen LogP contribution is -1.99. The molecule has 0 aliphatic heterocycles.